The Balaban J connectivity index is 2.11. The molecule has 1 saturated heterocycles. The van der Waals surface area contributed by atoms with Gasteiger partial charge in [-0.05, 0) is 0 Å². The first-order valence-electron chi connectivity index (χ1n) is 4.20. The fourth-order valence-electron chi connectivity index (χ4n) is 2.23. The quantitative estimate of drug-likeness (QED) is 0.513. The van der Waals surface area contributed by atoms with Crippen molar-refractivity contribution in [1.29, 1.82) is 0 Å². The summed E-state index contributed by atoms with van der Waals surface area (Å²) in [5.41, 5.74) is 0. The molecule has 68 valence electrons. The number of hydrogen-bond donors (Lipinski definition) is 2. The van der Waals surface area contributed by atoms with E-state index >= 15 is 0 Å². The molecule has 2 N–H and O–H groups in total. The zero-order chi connectivity index (χ0) is 8.72. The second kappa shape index (κ2) is 2.71. The van der Waals surface area contributed by atoms with Gasteiger partial charge in [0.25, 0.3) is 0 Å². The standard InChI is InChI=1S/C8H12O4/c9-3-5-4-1-8(11)12-7(4)2-6(5)10/h4-7,9-10H,1-3H2/t4-,5-,6+,7+/m0/s1. The summed E-state index contributed by atoms with van der Waals surface area (Å²) < 4.78 is 4.98. The first-order chi connectivity index (χ1) is 5.72. The summed E-state index contributed by atoms with van der Waals surface area (Å²) in [5.74, 6) is -0.325. The van der Waals surface area contributed by atoms with Crippen LogP contribution in [0.5, 0.6) is 0 Å². The third-order valence-corrected chi connectivity index (χ3v) is 2.89. The lowest BCUT2D eigenvalue weighted by molar-refractivity contribution is -0.141. The van der Waals surface area contributed by atoms with E-state index in [1.807, 2.05) is 0 Å². The third-order valence-electron chi connectivity index (χ3n) is 2.89. The molecule has 0 spiro atoms. The molecule has 0 aromatic carbocycles. The fraction of sp³-hybridized carbons (Fsp3) is 0.875. The minimum atomic E-state index is -0.502. The molecule has 1 aliphatic heterocycles. The van der Waals surface area contributed by atoms with Gasteiger partial charge in [0.1, 0.15) is 6.10 Å². The minimum absolute atomic E-state index is 0.0394. The Morgan fingerprint density at radius 2 is 2.33 bits per heavy atom. The van der Waals surface area contributed by atoms with Gasteiger partial charge >= 0.3 is 5.97 Å². The number of rotatable bonds is 1. The van der Waals surface area contributed by atoms with Crippen LogP contribution in [-0.4, -0.2) is 35.0 Å². The lowest BCUT2D eigenvalue weighted by Crippen LogP contribution is -2.23. The molecule has 0 bridgehead atoms. The van der Waals surface area contributed by atoms with Crippen molar-refractivity contribution in [1.82, 2.24) is 0 Å². The van der Waals surface area contributed by atoms with Crippen LogP contribution < -0.4 is 0 Å². The average Bonchev–Trinajstić information content (AvgIpc) is 2.43. The molecule has 1 heterocycles. The van der Waals surface area contributed by atoms with Gasteiger partial charge in [-0.25, -0.2) is 0 Å². The van der Waals surface area contributed by atoms with Gasteiger partial charge in [-0.2, -0.15) is 0 Å². The van der Waals surface area contributed by atoms with Crippen molar-refractivity contribution in [2.45, 2.75) is 25.0 Å². The molecule has 2 fully saturated rings. The maximum atomic E-state index is 10.8. The molecule has 0 aromatic rings. The second-order valence-electron chi connectivity index (χ2n) is 3.55. The highest BCUT2D eigenvalue weighted by Crippen LogP contribution is 2.40. The maximum absolute atomic E-state index is 10.8. The van der Waals surface area contributed by atoms with Crippen molar-refractivity contribution in [3.05, 3.63) is 0 Å². The van der Waals surface area contributed by atoms with Crippen molar-refractivity contribution in [3.63, 3.8) is 0 Å². The smallest absolute Gasteiger partial charge is 0.306 e. The van der Waals surface area contributed by atoms with Gasteiger partial charge in [-0.3, -0.25) is 4.79 Å². The van der Waals surface area contributed by atoms with Crippen LogP contribution in [0.1, 0.15) is 12.8 Å². The van der Waals surface area contributed by atoms with Crippen molar-refractivity contribution in [2.24, 2.45) is 11.8 Å². The number of carbonyl (C=O) groups is 1. The van der Waals surface area contributed by atoms with Crippen molar-refractivity contribution < 1.29 is 19.7 Å². The van der Waals surface area contributed by atoms with Gasteiger partial charge < -0.3 is 14.9 Å². The molecule has 12 heavy (non-hydrogen) atoms. The van der Waals surface area contributed by atoms with E-state index in [-0.39, 0.29) is 30.5 Å². The van der Waals surface area contributed by atoms with E-state index in [1.54, 1.807) is 0 Å². The summed E-state index contributed by atoms with van der Waals surface area (Å²) in [6.07, 6.45) is 0.192. The Morgan fingerprint density at radius 3 is 3.00 bits per heavy atom. The van der Waals surface area contributed by atoms with Gasteiger partial charge in [0.05, 0.1) is 12.5 Å². The Labute approximate surface area is 70.1 Å². The molecule has 0 unspecified atom stereocenters. The molecule has 4 atom stereocenters. The van der Waals surface area contributed by atoms with Crippen LogP contribution in [0.15, 0.2) is 0 Å². The Bertz CT molecular complexity index is 203. The zero-order valence-corrected chi connectivity index (χ0v) is 6.64. The van der Waals surface area contributed by atoms with E-state index in [0.717, 1.165) is 0 Å². The predicted octanol–water partition coefficient (Wildman–Crippen LogP) is -0.709. The third kappa shape index (κ3) is 1.03. The SMILES string of the molecule is O=C1C[C@H]2[C@H](CO)[C@H](O)C[C@H]2O1. The summed E-state index contributed by atoms with van der Waals surface area (Å²) in [5, 5.41) is 18.4. The second-order valence-corrected chi connectivity index (χ2v) is 3.55. The monoisotopic (exact) mass is 172 g/mol. The van der Waals surface area contributed by atoms with E-state index in [0.29, 0.717) is 12.8 Å². The van der Waals surface area contributed by atoms with Crippen molar-refractivity contribution in [3.8, 4) is 0 Å². The topological polar surface area (TPSA) is 66.8 Å². The largest absolute Gasteiger partial charge is 0.462 e. The van der Waals surface area contributed by atoms with Crippen LogP contribution in [0, 0.1) is 11.8 Å². The lowest BCUT2D eigenvalue weighted by Gasteiger charge is -2.14. The maximum Gasteiger partial charge on any atom is 0.306 e. The molecule has 0 aromatic heterocycles. The van der Waals surface area contributed by atoms with E-state index in [2.05, 4.69) is 0 Å². The summed E-state index contributed by atoms with van der Waals surface area (Å²) in [4.78, 5) is 10.8. The summed E-state index contributed by atoms with van der Waals surface area (Å²) >= 11 is 0. The Morgan fingerprint density at radius 1 is 1.58 bits per heavy atom. The number of ether oxygens (including phenoxy) is 1. The van der Waals surface area contributed by atoms with Crippen molar-refractivity contribution >= 4 is 5.97 Å². The van der Waals surface area contributed by atoms with Gasteiger partial charge in [0.2, 0.25) is 0 Å². The lowest BCUT2D eigenvalue weighted by atomic mass is 9.93. The van der Waals surface area contributed by atoms with Crippen LogP contribution in [0.25, 0.3) is 0 Å². The molecule has 0 amide bonds. The molecule has 1 aliphatic carbocycles. The first kappa shape index (κ1) is 8.01. The highest BCUT2D eigenvalue weighted by Gasteiger charge is 2.49. The Kier molecular flexibility index (Phi) is 1.81. The number of aliphatic hydroxyl groups excluding tert-OH is 2. The summed E-state index contributed by atoms with van der Waals surface area (Å²) in [6, 6.07) is 0. The number of aliphatic hydroxyl groups is 2. The molecule has 0 radical (unpaired) electrons. The average molecular weight is 172 g/mol. The normalized spacial score (nSPS) is 46.0. The molecular weight excluding hydrogens is 160 g/mol. The van der Waals surface area contributed by atoms with E-state index in [9.17, 15) is 9.90 Å². The first-order valence-corrected chi connectivity index (χ1v) is 4.20. The minimum Gasteiger partial charge on any atom is -0.462 e. The number of hydrogen-bond acceptors (Lipinski definition) is 4. The summed E-state index contributed by atoms with van der Waals surface area (Å²) in [6.45, 7) is -0.0566. The molecule has 2 rings (SSSR count). The van der Waals surface area contributed by atoms with E-state index < -0.39 is 6.10 Å². The van der Waals surface area contributed by atoms with Crippen LogP contribution in [0.3, 0.4) is 0 Å². The molecule has 1 saturated carbocycles. The van der Waals surface area contributed by atoms with E-state index in [4.69, 9.17) is 9.84 Å². The van der Waals surface area contributed by atoms with Crippen LogP contribution >= 0.6 is 0 Å². The Hall–Kier alpha value is -0.610. The molecule has 2 aliphatic rings. The highest BCUT2D eigenvalue weighted by molar-refractivity contribution is 5.72. The van der Waals surface area contributed by atoms with Gasteiger partial charge in [0.15, 0.2) is 0 Å². The predicted molar refractivity (Wildman–Crippen MR) is 39.2 cm³/mol. The number of esters is 1. The fourth-order valence-corrected chi connectivity index (χ4v) is 2.23. The van der Waals surface area contributed by atoms with Crippen LogP contribution in [0.4, 0.5) is 0 Å². The number of fused-ring (bicyclic) bond motifs is 1. The highest BCUT2D eigenvalue weighted by atomic mass is 16.6. The molecular formula is C8H12O4. The van der Waals surface area contributed by atoms with Gasteiger partial charge in [-0.1, -0.05) is 0 Å². The van der Waals surface area contributed by atoms with Crippen LogP contribution in [0.2, 0.25) is 0 Å². The molecule has 4 heteroatoms. The van der Waals surface area contributed by atoms with Crippen LogP contribution in [-0.2, 0) is 9.53 Å². The zero-order valence-electron chi connectivity index (χ0n) is 6.64. The van der Waals surface area contributed by atoms with Gasteiger partial charge in [-0.15, -0.1) is 0 Å². The summed E-state index contributed by atoms with van der Waals surface area (Å²) in [7, 11) is 0. The van der Waals surface area contributed by atoms with E-state index in [1.165, 1.54) is 0 Å². The number of carbonyl (C=O) groups excluding carboxylic acids is 1. The van der Waals surface area contributed by atoms with Crippen molar-refractivity contribution in [2.75, 3.05) is 6.61 Å². The molecule has 4 nitrogen and oxygen atoms in total. The van der Waals surface area contributed by atoms with Gasteiger partial charge in [0, 0.05) is 24.9 Å².